The molecule has 0 aliphatic heterocycles. The van der Waals surface area contributed by atoms with Crippen LogP contribution in [-0.4, -0.2) is 0 Å². The molecule has 222 valence electrons. The van der Waals surface area contributed by atoms with E-state index in [-0.39, 0.29) is 0 Å². The molecule has 0 aromatic heterocycles. The first kappa shape index (κ1) is 28.5. The molecule has 0 aliphatic carbocycles. The Balaban J connectivity index is 1.37. The van der Waals surface area contributed by atoms with Gasteiger partial charge in [0.25, 0.3) is 0 Å². The van der Waals surface area contributed by atoms with E-state index in [0.29, 0.717) is 0 Å². The molecule has 0 nitrogen and oxygen atoms in total. The van der Waals surface area contributed by atoms with E-state index < -0.39 is 0 Å². The summed E-state index contributed by atoms with van der Waals surface area (Å²) in [7, 11) is 0. The third-order valence-electron chi connectivity index (χ3n) is 9.17. The Morgan fingerprint density at radius 1 is 0.277 bits per heavy atom. The maximum atomic E-state index is 2.31. The molecule has 0 atom stereocenters. The highest BCUT2D eigenvalue weighted by Gasteiger charge is 2.19. The van der Waals surface area contributed by atoms with E-state index in [1.807, 2.05) is 0 Å². The smallest absolute Gasteiger partial charge is 0.00264 e. The predicted octanol–water partition coefficient (Wildman–Crippen LogP) is 12.6. The van der Waals surface area contributed by atoms with Crippen molar-refractivity contribution < 1.29 is 0 Å². The van der Waals surface area contributed by atoms with E-state index in [4.69, 9.17) is 0 Å². The normalized spacial score (nSPS) is 11.1. The summed E-state index contributed by atoms with van der Waals surface area (Å²) in [6, 6.07) is 68.3. The van der Waals surface area contributed by atoms with Gasteiger partial charge in [-0.2, -0.15) is 0 Å². The van der Waals surface area contributed by atoms with Crippen LogP contribution in [0, 0.1) is 6.92 Å². The largest absolute Gasteiger partial charge is 0.0622 e. The van der Waals surface area contributed by atoms with Crippen LogP contribution in [0.1, 0.15) is 27.8 Å². The van der Waals surface area contributed by atoms with Crippen molar-refractivity contribution in [2.24, 2.45) is 0 Å². The third-order valence-corrected chi connectivity index (χ3v) is 9.17. The molecule has 0 saturated heterocycles. The molecule has 0 N–H and O–H groups in total. The monoisotopic (exact) mass is 598 g/mol. The fourth-order valence-corrected chi connectivity index (χ4v) is 7.00. The van der Waals surface area contributed by atoms with Crippen molar-refractivity contribution in [3.05, 3.63) is 216 Å². The molecular weight excluding hydrogens is 565 g/mol. The zero-order chi connectivity index (χ0) is 31.6. The Morgan fingerprint density at radius 3 is 0.894 bits per heavy atom. The fourth-order valence-electron chi connectivity index (χ4n) is 7.00. The van der Waals surface area contributed by atoms with Gasteiger partial charge in [0.2, 0.25) is 0 Å². The highest BCUT2D eigenvalue weighted by Crippen LogP contribution is 2.44. The van der Waals surface area contributed by atoms with Gasteiger partial charge in [-0.05, 0) is 84.1 Å². The highest BCUT2D eigenvalue weighted by molar-refractivity contribution is 6.21. The van der Waals surface area contributed by atoms with Crippen LogP contribution in [-0.2, 0) is 0 Å². The van der Waals surface area contributed by atoms with Gasteiger partial charge < -0.3 is 0 Å². The summed E-state index contributed by atoms with van der Waals surface area (Å²) < 4.78 is 0. The van der Waals surface area contributed by atoms with E-state index >= 15 is 0 Å². The molecule has 0 saturated carbocycles. The molecular formula is C47H34. The van der Waals surface area contributed by atoms with Crippen molar-refractivity contribution >= 4 is 32.7 Å². The predicted molar refractivity (Wildman–Crippen MR) is 201 cm³/mol. The highest BCUT2D eigenvalue weighted by atomic mass is 14.2. The van der Waals surface area contributed by atoms with Crippen LogP contribution < -0.4 is 0 Å². The van der Waals surface area contributed by atoms with Crippen molar-refractivity contribution in [2.75, 3.05) is 0 Å². The minimum atomic E-state index is 1.19. The van der Waals surface area contributed by atoms with Gasteiger partial charge in [-0.25, -0.2) is 0 Å². The Morgan fingerprint density at radius 2 is 0.553 bits per heavy atom. The SMILES string of the molecule is Cc1ccc(-c2c3ccccc3c(-c3ccc(C(=C(c4ccccc4)c4ccccc4)c4ccccc4)cc3)c3ccccc23)cc1. The van der Waals surface area contributed by atoms with Crippen LogP contribution >= 0.6 is 0 Å². The Hall–Kier alpha value is -5.98. The van der Waals surface area contributed by atoms with Crippen molar-refractivity contribution in [3.8, 4) is 22.3 Å². The second-order valence-electron chi connectivity index (χ2n) is 12.1. The first-order valence-electron chi connectivity index (χ1n) is 16.3. The molecule has 0 amide bonds. The lowest BCUT2D eigenvalue weighted by Gasteiger charge is -2.20. The van der Waals surface area contributed by atoms with Crippen LogP contribution in [0.25, 0.3) is 54.9 Å². The molecule has 0 bridgehead atoms. The Kier molecular flexibility index (Phi) is 7.53. The summed E-state index contributed by atoms with van der Waals surface area (Å²) in [6.07, 6.45) is 0. The summed E-state index contributed by atoms with van der Waals surface area (Å²) >= 11 is 0. The molecule has 8 aromatic rings. The molecule has 8 aromatic carbocycles. The van der Waals surface area contributed by atoms with E-state index in [1.54, 1.807) is 0 Å². The van der Waals surface area contributed by atoms with Gasteiger partial charge in [0.05, 0.1) is 0 Å². The number of aryl methyl sites for hydroxylation is 1. The van der Waals surface area contributed by atoms with Gasteiger partial charge in [0.15, 0.2) is 0 Å². The number of fused-ring (bicyclic) bond motifs is 2. The van der Waals surface area contributed by atoms with Crippen LogP contribution in [0.2, 0.25) is 0 Å². The van der Waals surface area contributed by atoms with E-state index in [1.165, 1.54) is 82.8 Å². The summed E-state index contributed by atoms with van der Waals surface area (Å²) in [5.41, 5.74) is 13.5. The summed E-state index contributed by atoms with van der Waals surface area (Å²) in [6.45, 7) is 2.15. The molecule has 0 heteroatoms. The van der Waals surface area contributed by atoms with E-state index in [0.717, 1.165) is 0 Å². The topological polar surface area (TPSA) is 0 Å². The van der Waals surface area contributed by atoms with E-state index in [2.05, 4.69) is 195 Å². The minimum absolute atomic E-state index is 1.19. The van der Waals surface area contributed by atoms with Crippen LogP contribution in [0.4, 0.5) is 0 Å². The van der Waals surface area contributed by atoms with Gasteiger partial charge in [-0.15, -0.1) is 0 Å². The lowest BCUT2D eigenvalue weighted by Crippen LogP contribution is -1.97. The Labute approximate surface area is 276 Å². The molecule has 0 spiro atoms. The van der Waals surface area contributed by atoms with Gasteiger partial charge in [0, 0.05) is 0 Å². The van der Waals surface area contributed by atoms with Crippen molar-refractivity contribution in [1.29, 1.82) is 0 Å². The van der Waals surface area contributed by atoms with Crippen molar-refractivity contribution in [1.82, 2.24) is 0 Å². The van der Waals surface area contributed by atoms with Crippen LogP contribution in [0.3, 0.4) is 0 Å². The lowest BCUT2D eigenvalue weighted by molar-refractivity contribution is 1.47. The van der Waals surface area contributed by atoms with Gasteiger partial charge in [-0.3, -0.25) is 0 Å². The lowest BCUT2D eigenvalue weighted by atomic mass is 9.84. The second kappa shape index (κ2) is 12.4. The van der Waals surface area contributed by atoms with Crippen molar-refractivity contribution in [3.63, 3.8) is 0 Å². The number of benzene rings is 8. The number of hydrogen-bond donors (Lipinski definition) is 0. The summed E-state index contributed by atoms with van der Waals surface area (Å²) in [4.78, 5) is 0. The molecule has 8 rings (SSSR count). The molecule has 0 aliphatic rings. The quantitative estimate of drug-likeness (QED) is 0.132. The molecule has 0 heterocycles. The number of rotatable bonds is 6. The fraction of sp³-hybridized carbons (Fsp3) is 0.0213. The molecule has 0 fully saturated rings. The average Bonchev–Trinajstić information content (AvgIpc) is 3.14. The second-order valence-corrected chi connectivity index (χ2v) is 12.1. The standard InChI is InChI=1S/C47H34/c1-33-25-27-38(28-26-33)46-40-21-11-13-23-42(40)47(43-24-14-12-22-41(43)46)39-31-29-37(30-32-39)45(36-19-9-4-10-20-36)44(34-15-5-2-6-16-34)35-17-7-3-8-18-35/h2-32H,1H3. The molecule has 0 radical (unpaired) electrons. The third kappa shape index (κ3) is 5.35. The summed E-state index contributed by atoms with van der Waals surface area (Å²) in [5, 5.41) is 5.08. The first-order valence-corrected chi connectivity index (χ1v) is 16.3. The minimum Gasteiger partial charge on any atom is -0.0622 e. The first-order chi connectivity index (χ1) is 23.3. The zero-order valence-corrected chi connectivity index (χ0v) is 26.4. The van der Waals surface area contributed by atoms with Gasteiger partial charge in [-0.1, -0.05) is 194 Å². The molecule has 0 unspecified atom stereocenters. The molecule has 47 heavy (non-hydrogen) atoms. The Bertz CT molecular complexity index is 2250. The van der Waals surface area contributed by atoms with E-state index in [9.17, 15) is 0 Å². The average molecular weight is 599 g/mol. The number of hydrogen-bond acceptors (Lipinski definition) is 0. The van der Waals surface area contributed by atoms with Gasteiger partial charge >= 0.3 is 0 Å². The van der Waals surface area contributed by atoms with Gasteiger partial charge in [0.1, 0.15) is 0 Å². The maximum absolute atomic E-state index is 2.31. The maximum Gasteiger partial charge on any atom is -0.00264 e. The van der Waals surface area contributed by atoms with Crippen LogP contribution in [0.15, 0.2) is 188 Å². The zero-order valence-electron chi connectivity index (χ0n) is 26.4. The van der Waals surface area contributed by atoms with Crippen LogP contribution in [0.5, 0.6) is 0 Å². The summed E-state index contributed by atoms with van der Waals surface area (Å²) in [5.74, 6) is 0. The van der Waals surface area contributed by atoms with Crippen molar-refractivity contribution in [2.45, 2.75) is 6.92 Å².